The monoisotopic (exact) mass is 213 g/mol. The number of hydrogen-bond acceptors (Lipinski definition) is 3. The maximum absolute atomic E-state index is 11.1. The first-order valence-corrected chi connectivity index (χ1v) is 4.69. The smallest absolute Gasteiger partial charge is 0.308 e. The van der Waals surface area contributed by atoms with Crippen LogP contribution < -0.4 is 0 Å². The number of rotatable bonds is 3. The summed E-state index contributed by atoms with van der Waals surface area (Å²) in [6.07, 6.45) is 2.29. The van der Waals surface area contributed by atoms with Gasteiger partial charge < -0.3 is 4.74 Å². The van der Waals surface area contributed by atoms with Crippen LogP contribution in [0.4, 0.5) is 0 Å². The highest BCUT2D eigenvalue weighted by Crippen LogP contribution is 2.11. The average Bonchev–Trinajstić information content (AvgIpc) is 2.20. The van der Waals surface area contributed by atoms with Gasteiger partial charge in [-0.05, 0) is 18.1 Å². The molecule has 0 aliphatic carbocycles. The van der Waals surface area contributed by atoms with Crippen LogP contribution in [0.3, 0.4) is 0 Å². The molecule has 0 bridgehead atoms. The highest BCUT2D eigenvalue weighted by atomic mass is 35.5. The molecule has 14 heavy (non-hydrogen) atoms. The van der Waals surface area contributed by atoms with E-state index in [0.29, 0.717) is 11.6 Å². The second kappa shape index (κ2) is 4.96. The number of methoxy groups -OCH3 is 1. The molecule has 1 atom stereocenters. The lowest BCUT2D eigenvalue weighted by molar-refractivity contribution is -0.144. The van der Waals surface area contributed by atoms with E-state index in [1.807, 2.05) is 13.0 Å². The number of hydrogen-bond donors (Lipinski definition) is 0. The lowest BCUT2D eigenvalue weighted by Gasteiger charge is -2.08. The van der Waals surface area contributed by atoms with Crippen molar-refractivity contribution in [1.29, 1.82) is 0 Å². The van der Waals surface area contributed by atoms with Gasteiger partial charge in [0, 0.05) is 6.20 Å². The third-order valence-electron chi connectivity index (χ3n) is 1.93. The van der Waals surface area contributed by atoms with Crippen molar-refractivity contribution in [1.82, 2.24) is 4.98 Å². The maximum Gasteiger partial charge on any atom is 0.308 e. The van der Waals surface area contributed by atoms with Gasteiger partial charge in [-0.3, -0.25) is 4.79 Å². The molecule has 0 amide bonds. The molecule has 3 nitrogen and oxygen atoms in total. The van der Waals surface area contributed by atoms with Crippen LogP contribution in [0.25, 0.3) is 0 Å². The topological polar surface area (TPSA) is 39.2 Å². The van der Waals surface area contributed by atoms with Crippen LogP contribution in [0.5, 0.6) is 0 Å². The summed E-state index contributed by atoms with van der Waals surface area (Å²) in [6.45, 7) is 1.82. The Morgan fingerprint density at radius 3 is 2.86 bits per heavy atom. The number of pyridine rings is 1. The molecule has 0 fully saturated rings. The second-order valence-electron chi connectivity index (χ2n) is 3.12. The lowest BCUT2D eigenvalue weighted by Crippen LogP contribution is -2.15. The minimum atomic E-state index is -0.208. The number of ether oxygens (including phenoxy) is 1. The number of nitrogens with zero attached hydrogens (tertiary/aromatic N) is 1. The third kappa shape index (κ3) is 3.00. The zero-order valence-corrected chi connectivity index (χ0v) is 8.91. The SMILES string of the molecule is COC(=O)C(C)Cc1ccc(Cl)nc1. The van der Waals surface area contributed by atoms with Crippen molar-refractivity contribution in [2.45, 2.75) is 13.3 Å². The fourth-order valence-corrected chi connectivity index (χ4v) is 1.28. The van der Waals surface area contributed by atoms with Gasteiger partial charge in [0.15, 0.2) is 0 Å². The fraction of sp³-hybridized carbons (Fsp3) is 0.400. The molecule has 0 N–H and O–H groups in total. The van der Waals surface area contributed by atoms with Crippen LogP contribution in [0.1, 0.15) is 12.5 Å². The summed E-state index contributed by atoms with van der Waals surface area (Å²) >= 11 is 5.64. The summed E-state index contributed by atoms with van der Waals surface area (Å²) < 4.78 is 4.62. The molecule has 0 saturated heterocycles. The summed E-state index contributed by atoms with van der Waals surface area (Å²) in [6, 6.07) is 3.57. The molecule has 1 aromatic heterocycles. The zero-order chi connectivity index (χ0) is 10.6. The molecular weight excluding hydrogens is 202 g/mol. The van der Waals surface area contributed by atoms with E-state index in [9.17, 15) is 4.79 Å². The van der Waals surface area contributed by atoms with Gasteiger partial charge in [-0.2, -0.15) is 0 Å². The molecule has 0 aliphatic rings. The van der Waals surface area contributed by atoms with Gasteiger partial charge in [-0.15, -0.1) is 0 Å². The summed E-state index contributed by atoms with van der Waals surface area (Å²) in [7, 11) is 1.39. The van der Waals surface area contributed by atoms with Crippen LogP contribution in [-0.4, -0.2) is 18.1 Å². The molecule has 0 spiro atoms. The van der Waals surface area contributed by atoms with Crippen molar-refractivity contribution >= 4 is 17.6 Å². The summed E-state index contributed by atoms with van der Waals surface area (Å²) in [5.74, 6) is -0.358. The summed E-state index contributed by atoms with van der Waals surface area (Å²) in [5, 5.41) is 0.458. The first-order valence-electron chi connectivity index (χ1n) is 4.31. The first-order chi connectivity index (χ1) is 6.63. The Labute approximate surface area is 88.1 Å². The van der Waals surface area contributed by atoms with Crippen molar-refractivity contribution in [2.24, 2.45) is 5.92 Å². The van der Waals surface area contributed by atoms with Crippen LogP contribution in [0.15, 0.2) is 18.3 Å². The molecule has 4 heteroatoms. The first kappa shape index (κ1) is 11.0. The van der Waals surface area contributed by atoms with Crippen LogP contribution >= 0.6 is 11.6 Å². The van der Waals surface area contributed by atoms with Crippen molar-refractivity contribution < 1.29 is 9.53 Å². The Morgan fingerprint density at radius 2 is 2.36 bits per heavy atom. The Kier molecular flexibility index (Phi) is 3.89. The van der Waals surface area contributed by atoms with Gasteiger partial charge in [-0.25, -0.2) is 4.98 Å². The number of carbonyl (C=O) groups excluding carboxylic acids is 1. The van der Waals surface area contributed by atoms with Crippen molar-refractivity contribution in [3.05, 3.63) is 29.0 Å². The van der Waals surface area contributed by atoms with E-state index in [-0.39, 0.29) is 11.9 Å². The van der Waals surface area contributed by atoms with Crippen molar-refractivity contribution in [3.63, 3.8) is 0 Å². The zero-order valence-electron chi connectivity index (χ0n) is 8.16. The molecule has 0 aromatic carbocycles. The predicted octanol–water partition coefficient (Wildman–Crippen LogP) is 2.09. The van der Waals surface area contributed by atoms with Crippen LogP contribution in [0.2, 0.25) is 5.15 Å². The highest BCUT2D eigenvalue weighted by molar-refractivity contribution is 6.29. The minimum absolute atomic E-state index is 0.150. The van der Waals surface area contributed by atoms with Crippen LogP contribution in [-0.2, 0) is 16.0 Å². The van der Waals surface area contributed by atoms with Gasteiger partial charge in [-0.1, -0.05) is 24.6 Å². The van der Waals surface area contributed by atoms with E-state index < -0.39 is 0 Å². The van der Waals surface area contributed by atoms with Crippen LogP contribution in [0, 0.1) is 5.92 Å². The van der Waals surface area contributed by atoms with Gasteiger partial charge in [0.25, 0.3) is 0 Å². The average molecular weight is 214 g/mol. The van der Waals surface area contributed by atoms with Gasteiger partial charge in [0.05, 0.1) is 13.0 Å². The number of aromatic nitrogens is 1. The van der Waals surface area contributed by atoms with Crippen molar-refractivity contribution in [3.8, 4) is 0 Å². The molecule has 0 aliphatic heterocycles. The quantitative estimate of drug-likeness (QED) is 0.570. The lowest BCUT2D eigenvalue weighted by atomic mass is 10.0. The number of esters is 1. The van der Waals surface area contributed by atoms with E-state index >= 15 is 0 Å². The molecule has 1 heterocycles. The summed E-state index contributed by atoms with van der Waals surface area (Å²) in [5.41, 5.74) is 0.979. The molecule has 0 saturated carbocycles. The minimum Gasteiger partial charge on any atom is -0.469 e. The predicted molar refractivity (Wildman–Crippen MR) is 54.1 cm³/mol. The van der Waals surface area contributed by atoms with E-state index in [4.69, 9.17) is 11.6 Å². The number of halogens is 1. The molecule has 1 unspecified atom stereocenters. The van der Waals surface area contributed by atoms with E-state index in [1.165, 1.54) is 7.11 Å². The normalized spacial score (nSPS) is 12.2. The molecule has 76 valence electrons. The Balaban J connectivity index is 2.60. The maximum atomic E-state index is 11.1. The molecule has 1 aromatic rings. The second-order valence-corrected chi connectivity index (χ2v) is 3.50. The largest absolute Gasteiger partial charge is 0.469 e. The number of carbonyl (C=O) groups is 1. The van der Waals surface area contributed by atoms with E-state index in [2.05, 4.69) is 9.72 Å². The molecule has 0 radical (unpaired) electrons. The standard InChI is InChI=1S/C10H12ClNO2/c1-7(10(13)14-2)5-8-3-4-9(11)12-6-8/h3-4,6-7H,5H2,1-2H3. The third-order valence-corrected chi connectivity index (χ3v) is 2.16. The summed E-state index contributed by atoms with van der Waals surface area (Å²) in [4.78, 5) is 15.0. The van der Waals surface area contributed by atoms with Crippen molar-refractivity contribution in [2.75, 3.05) is 7.11 Å². The van der Waals surface area contributed by atoms with Gasteiger partial charge >= 0.3 is 5.97 Å². The molecule has 1 rings (SSSR count). The van der Waals surface area contributed by atoms with E-state index in [1.54, 1.807) is 12.3 Å². The Bertz CT molecular complexity index is 310. The van der Waals surface area contributed by atoms with Gasteiger partial charge in [0.2, 0.25) is 0 Å². The fourth-order valence-electron chi connectivity index (χ4n) is 1.17. The molecular formula is C10H12ClNO2. The Hall–Kier alpha value is -1.09. The highest BCUT2D eigenvalue weighted by Gasteiger charge is 2.13. The Morgan fingerprint density at radius 1 is 1.64 bits per heavy atom. The van der Waals surface area contributed by atoms with E-state index in [0.717, 1.165) is 5.56 Å². The van der Waals surface area contributed by atoms with Gasteiger partial charge in [0.1, 0.15) is 5.15 Å².